The Morgan fingerprint density at radius 3 is 2.07 bits per heavy atom. The zero-order valence-electron chi connectivity index (χ0n) is 7.30. The van der Waals surface area contributed by atoms with E-state index in [9.17, 15) is 18.0 Å². The Morgan fingerprint density at radius 2 is 1.71 bits per heavy atom. The number of hydrogen-bond acceptors (Lipinski definition) is 1. The minimum atomic E-state index is -4.37. The summed E-state index contributed by atoms with van der Waals surface area (Å²) in [5.41, 5.74) is -0.620. The van der Waals surface area contributed by atoms with Gasteiger partial charge in [0.2, 0.25) is 0 Å². The van der Waals surface area contributed by atoms with Crippen molar-refractivity contribution >= 4 is 5.91 Å². The zero-order valence-corrected chi connectivity index (χ0v) is 7.30. The Hall–Kier alpha value is -1.52. The first kappa shape index (κ1) is 10.6. The van der Waals surface area contributed by atoms with Gasteiger partial charge in [-0.05, 0) is 24.3 Å². The topological polar surface area (TPSA) is 31.2 Å². The van der Waals surface area contributed by atoms with Crippen LogP contribution in [0.15, 0.2) is 24.3 Å². The molecule has 1 aromatic rings. The molecule has 1 radical (unpaired) electrons. The highest BCUT2D eigenvalue weighted by Crippen LogP contribution is 2.28. The van der Waals surface area contributed by atoms with Gasteiger partial charge in [0.05, 0.1) is 5.56 Å². The summed E-state index contributed by atoms with van der Waals surface area (Å²) < 4.78 is 36.3. The third-order valence-corrected chi connectivity index (χ3v) is 1.66. The molecule has 1 aromatic carbocycles. The van der Waals surface area contributed by atoms with Crippen molar-refractivity contribution in [1.82, 2.24) is 5.32 Å². The van der Waals surface area contributed by atoms with Gasteiger partial charge in [-0.25, -0.2) is 0 Å². The molecule has 0 bridgehead atoms. The van der Waals surface area contributed by atoms with Crippen molar-refractivity contribution in [3.05, 3.63) is 35.4 Å². The highest BCUT2D eigenvalue weighted by molar-refractivity contribution is 5.93. The average Bonchev–Trinajstić information content (AvgIpc) is 2.15. The van der Waals surface area contributed by atoms with Crippen LogP contribution in [-0.2, 0) is 6.18 Å². The van der Waals surface area contributed by atoms with E-state index in [1.165, 1.54) is 7.05 Å². The van der Waals surface area contributed by atoms with E-state index >= 15 is 0 Å². The van der Waals surface area contributed by atoms with Gasteiger partial charge < -0.3 is 0 Å². The van der Waals surface area contributed by atoms with Crippen LogP contribution in [0.4, 0.5) is 13.2 Å². The summed E-state index contributed by atoms with van der Waals surface area (Å²) in [6, 6.07) is 3.94. The van der Waals surface area contributed by atoms with Gasteiger partial charge in [0.15, 0.2) is 0 Å². The van der Waals surface area contributed by atoms with E-state index in [1.54, 1.807) is 0 Å². The fourth-order valence-electron chi connectivity index (χ4n) is 0.931. The van der Waals surface area contributed by atoms with Gasteiger partial charge in [0.1, 0.15) is 0 Å². The maximum absolute atomic E-state index is 12.1. The minimum absolute atomic E-state index is 0.153. The lowest BCUT2D eigenvalue weighted by atomic mass is 10.1. The number of carbonyl (C=O) groups excluding carboxylic acids is 1. The van der Waals surface area contributed by atoms with Crippen LogP contribution in [0, 0.1) is 0 Å². The summed E-state index contributed by atoms with van der Waals surface area (Å²) >= 11 is 0. The second-order valence-corrected chi connectivity index (χ2v) is 2.60. The number of rotatable bonds is 1. The molecule has 0 saturated carbocycles. The number of halogens is 3. The summed E-state index contributed by atoms with van der Waals surface area (Å²) in [6.45, 7) is 0. The number of hydrogen-bond donors (Lipinski definition) is 0. The lowest BCUT2D eigenvalue weighted by Gasteiger charge is -2.06. The molecule has 14 heavy (non-hydrogen) atoms. The smallest absolute Gasteiger partial charge is 0.267 e. The molecule has 0 aliphatic carbocycles. The molecule has 0 aliphatic rings. The van der Waals surface area contributed by atoms with Crippen molar-refractivity contribution in [2.45, 2.75) is 6.18 Å². The largest absolute Gasteiger partial charge is 0.416 e. The predicted octanol–water partition coefficient (Wildman–Crippen LogP) is 2.08. The second kappa shape index (κ2) is 3.69. The fraction of sp³-hybridized carbons (Fsp3) is 0.222. The van der Waals surface area contributed by atoms with Crippen molar-refractivity contribution in [2.24, 2.45) is 0 Å². The van der Waals surface area contributed by atoms with Gasteiger partial charge in [-0.2, -0.15) is 13.2 Å². The van der Waals surface area contributed by atoms with E-state index in [4.69, 9.17) is 0 Å². The standard InChI is InChI=1S/C9H7F3NO/c1-13-8(14)6-2-4-7(5-3-6)9(10,11)12/h2-5H,1H3. The maximum Gasteiger partial charge on any atom is 0.416 e. The normalized spacial score (nSPS) is 11.1. The Labute approximate surface area is 78.7 Å². The van der Waals surface area contributed by atoms with Crippen LogP contribution in [0.5, 0.6) is 0 Å². The summed E-state index contributed by atoms with van der Waals surface area (Å²) in [4.78, 5) is 10.9. The zero-order chi connectivity index (χ0) is 10.8. The molecular weight excluding hydrogens is 195 g/mol. The van der Waals surface area contributed by atoms with Crippen LogP contribution in [0.25, 0.3) is 0 Å². The Kier molecular flexibility index (Phi) is 2.78. The lowest BCUT2D eigenvalue weighted by Crippen LogP contribution is -2.11. The molecule has 0 unspecified atom stereocenters. The highest BCUT2D eigenvalue weighted by atomic mass is 19.4. The molecule has 0 fully saturated rings. The van der Waals surface area contributed by atoms with Crippen LogP contribution >= 0.6 is 0 Å². The average molecular weight is 202 g/mol. The van der Waals surface area contributed by atoms with Crippen LogP contribution < -0.4 is 5.32 Å². The fourth-order valence-corrected chi connectivity index (χ4v) is 0.931. The van der Waals surface area contributed by atoms with Crippen molar-refractivity contribution in [3.8, 4) is 0 Å². The van der Waals surface area contributed by atoms with Crippen LogP contribution in [-0.4, -0.2) is 13.0 Å². The Bertz CT molecular complexity index is 329. The van der Waals surface area contributed by atoms with E-state index < -0.39 is 17.6 Å². The van der Waals surface area contributed by atoms with Crippen LogP contribution in [0.3, 0.4) is 0 Å². The van der Waals surface area contributed by atoms with Gasteiger partial charge in [-0.1, -0.05) is 0 Å². The van der Waals surface area contributed by atoms with E-state index in [1.807, 2.05) is 0 Å². The molecule has 1 rings (SSSR count). The number of amides is 1. The maximum atomic E-state index is 12.1. The molecule has 0 aromatic heterocycles. The number of nitrogens with zero attached hydrogens (tertiary/aromatic N) is 1. The van der Waals surface area contributed by atoms with E-state index in [2.05, 4.69) is 5.32 Å². The quantitative estimate of drug-likeness (QED) is 0.685. The third kappa shape index (κ3) is 2.25. The number of benzene rings is 1. The Balaban J connectivity index is 2.95. The van der Waals surface area contributed by atoms with Gasteiger partial charge in [0.25, 0.3) is 5.91 Å². The molecule has 75 valence electrons. The van der Waals surface area contributed by atoms with E-state index in [0.29, 0.717) is 0 Å². The highest BCUT2D eigenvalue weighted by Gasteiger charge is 2.30. The number of alkyl halides is 3. The molecule has 2 nitrogen and oxygen atoms in total. The molecule has 0 N–H and O–H groups in total. The first-order chi connectivity index (χ1) is 6.45. The summed E-state index contributed by atoms with van der Waals surface area (Å²) in [6.07, 6.45) is -4.37. The molecule has 1 amide bonds. The molecule has 5 heteroatoms. The molecule has 0 heterocycles. The van der Waals surface area contributed by atoms with Gasteiger partial charge in [-0.3, -0.25) is 10.1 Å². The second-order valence-electron chi connectivity index (χ2n) is 2.60. The first-order valence-corrected chi connectivity index (χ1v) is 3.76. The van der Waals surface area contributed by atoms with Crippen molar-refractivity contribution < 1.29 is 18.0 Å². The monoisotopic (exact) mass is 202 g/mol. The van der Waals surface area contributed by atoms with Crippen molar-refractivity contribution in [1.29, 1.82) is 0 Å². The first-order valence-electron chi connectivity index (χ1n) is 3.76. The third-order valence-electron chi connectivity index (χ3n) is 1.66. The molecular formula is C9H7F3NO. The van der Waals surface area contributed by atoms with Crippen molar-refractivity contribution in [3.63, 3.8) is 0 Å². The van der Waals surface area contributed by atoms with Crippen molar-refractivity contribution in [2.75, 3.05) is 7.05 Å². The predicted molar refractivity (Wildman–Crippen MR) is 43.8 cm³/mol. The molecule has 0 atom stereocenters. The number of carbonyl (C=O) groups is 1. The molecule has 0 saturated heterocycles. The minimum Gasteiger partial charge on any atom is -0.267 e. The molecule has 0 spiro atoms. The summed E-state index contributed by atoms with van der Waals surface area (Å²) in [5, 5.41) is 3.33. The van der Waals surface area contributed by atoms with Gasteiger partial charge in [0, 0.05) is 12.6 Å². The SMILES string of the molecule is C[N]C(=O)c1ccc(C(F)(F)F)cc1. The van der Waals surface area contributed by atoms with E-state index in [-0.39, 0.29) is 5.56 Å². The van der Waals surface area contributed by atoms with Gasteiger partial charge >= 0.3 is 6.18 Å². The summed E-state index contributed by atoms with van der Waals surface area (Å²) in [7, 11) is 1.29. The molecule has 0 aliphatic heterocycles. The summed E-state index contributed by atoms with van der Waals surface area (Å²) in [5.74, 6) is -0.529. The van der Waals surface area contributed by atoms with Gasteiger partial charge in [-0.15, -0.1) is 0 Å². The van der Waals surface area contributed by atoms with Crippen LogP contribution in [0.1, 0.15) is 15.9 Å². The Morgan fingerprint density at radius 1 is 1.21 bits per heavy atom. The van der Waals surface area contributed by atoms with Crippen LogP contribution in [0.2, 0.25) is 0 Å². The lowest BCUT2D eigenvalue weighted by molar-refractivity contribution is -0.137. The van der Waals surface area contributed by atoms with E-state index in [0.717, 1.165) is 24.3 Å².